The Labute approximate surface area is 161 Å². The quantitative estimate of drug-likeness (QED) is 0.793. The highest BCUT2D eigenvalue weighted by Crippen LogP contribution is 2.29. The fraction of sp³-hybridized carbons (Fsp3) is 0.632. The third-order valence-electron chi connectivity index (χ3n) is 5.28. The van der Waals surface area contributed by atoms with Gasteiger partial charge >= 0.3 is 0 Å². The molecule has 0 saturated carbocycles. The Morgan fingerprint density at radius 1 is 1.15 bits per heavy atom. The molecule has 0 bridgehead atoms. The van der Waals surface area contributed by atoms with Crippen LogP contribution in [0.5, 0.6) is 5.75 Å². The van der Waals surface area contributed by atoms with E-state index in [1.807, 2.05) is 0 Å². The number of amides is 1. The normalized spacial score (nSPS) is 20.0. The molecule has 1 amide bonds. The van der Waals surface area contributed by atoms with Crippen molar-refractivity contribution in [1.82, 2.24) is 14.9 Å². The van der Waals surface area contributed by atoms with Gasteiger partial charge in [0.1, 0.15) is 10.6 Å². The molecule has 2 N–H and O–H groups in total. The van der Waals surface area contributed by atoms with Gasteiger partial charge in [-0.3, -0.25) is 4.79 Å². The first-order valence-corrected chi connectivity index (χ1v) is 11.2. The number of rotatable bonds is 5. The lowest BCUT2D eigenvalue weighted by Gasteiger charge is -2.24. The number of methoxy groups -OCH3 is 1. The van der Waals surface area contributed by atoms with E-state index < -0.39 is 10.0 Å². The summed E-state index contributed by atoms with van der Waals surface area (Å²) in [4.78, 5) is 12.7. The van der Waals surface area contributed by atoms with Crippen molar-refractivity contribution >= 4 is 15.9 Å². The van der Waals surface area contributed by atoms with E-state index in [2.05, 4.69) is 10.6 Å². The fourth-order valence-electron chi connectivity index (χ4n) is 3.68. The Morgan fingerprint density at radius 3 is 2.44 bits per heavy atom. The molecule has 2 aliphatic rings. The molecule has 0 spiro atoms. The van der Waals surface area contributed by atoms with Crippen molar-refractivity contribution in [2.24, 2.45) is 0 Å². The first-order chi connectivity index (χ1) is 13.0. The van der Waals surface area contributed by atoms with E-state index in [4.69, 9.17) is 4.74 Å². The minimum Gasteiger partial charge on any atom is -0.495 e. The average Bonchev–Trinajstić information content (AvgIpc) is 2.98. The summed E-state index contributed by atoms with van der Waals surface area (Å²) in [6.45, 7) is 2.78. The van der Waals surface area contributed by atoms with Crippen LogP contribution < -0.4 is 15.4 Å². The summed E-state index contributed by atoms with van der Waals surface area (Å²) in [7, 11) is -2.25. The summed E-state index contributed by atoms with van der Waals surface area (Å²) < 4.78 is 33.2. The SMILES string of the molecule is COc1ccc(C(=O)NC2CCNCC2)cc1S(=O)(=O)N1CCCCCC1. The van der Waals surface area contributed by atoms with Gasteiger partial charge in [0, 0.05) is 24.7 Å². The summed E-state index contributed by atoms with van der Waals surface area (Å²) in [5.41, 5.74) is 0.350. The number of carbonyl (C=O) groups is 1. The second-order valence-corrected chi connectivity index (χ2v) is 9.09. The van der Waals surface area contributed by atoms with Crippen LogP contribution in [-0.4, -0.2) is 58.0 Å². The van der Waals surface area contributed by atoms with E-state index in [9.17, 15) is 13.2 Å². The van der Waals surface area contributed by atoms with Gasteiger partial charge in [0.05, 0.1) is 7.11 Å². The molecule has 0 atom stereocenters. The molecular weight excluding hydrogens is 366 g/mol. The van der Waals surface area contributed by atoms with Crippen LogP contribution in [-0.2, 0) is 10.0 Å². The summed E-state index contributed by atoms with van der Waals surface area (Å²) in [5.74, 6) is 0.0366. The molecule has 8 heteroatoms. The second-order valence-electron chi connectivity index (χ2n) is 7.18. The van der Waals surface area contributed by atoms with Gasteiger partial charge < -0.3 is 15.4 Å². The van der Waals surface area contributed by atoms with E-state index >= 15 is 0 Å². The van der Waals surface area contributed by atoms with Gasteiger partial charge in [-0.1, -0.05) is 12.8 Å². The van der Waals surface area contributed by atoms with Gasteiger partial charge in [-0.2, -0.15) is 4.31 Å². The summed E-state index contributed by atoms with van der Waals surface area (Å²) >= 11 is 0. The number of benzene rings is 1. The molecule has 27 heavy (non-hydrogen) atoms. The molecule has 150 valence electrons. The van der Waals surface area contributed by atoms with Crippen LogP contribution in [0.1, 0.15) is 48.9 Å². The van der Waals surface area contributed by atoms with Gasteiger partial charge in [0.25, 0.3) is 5.91 Å². The van der Waals surface area contributed by atoms with Crippen LogP contribution in [0.25, 0.3) is 0 Å². The zero-order chi connectivity index (χ0) is 19.3. The smallest absolute Gasteiger partial charge is 0.251 e. The van der Waals surface area contributed by atoms with Crippen molar-refractivity contribution in [2.45, 2.75) is 49.5 Å². The Bertz CT molecular complexity index is 752. The molecule has 0 aromatic heterocycles. The number of ether oxygens (including phenoxy) is 1. The van der Waals surface area contributed by atoms with Crippen LogP contribution >= 0.6 is 0 Å². The van der Waals surface area contributed by atoms with Crippen molar-refractivity contribution in [1.29, 1.82) is 0 Å². The monoisotopic (exact) mass is 395 g/mol. The number of piperidine rings is 1. The van der Waals surface area contributed by atoms with Crippen LogP contribution in [0.4, 0.5) is 0 Å². The Balaban J connectivity index is 1.85. The molecule has 7 nitrogen and oxygen atoms in total. The molecule has 1 aromatic carbocycles. The highest BCUT2D eigenvalue weighted by atomic mass is 32.2. The number of sulfonamides is 1. The predicted octanol–water partition coefficient (Wildman–Crippen LogP) is 1.74. The maximum atomic E-state index is 13.2. The van der Waals surface area contributed by atoms with Crippen LogP contribution in [0, 0.1) is 0 Å². The molecular formula is C19H29N3O4S. The lowest BCUT2D eigenvalue weighted by molar-refractivity contribution is 0.0929. The van der Waals surface area contributed by atoms with E-state index in [0.717, 1.165) is 51.6 Å². The molecule has 0 aliphatic carbocycles. The van der Waals surface area contributed by atoms with Crippen molar-refractivity contribution < 1.29 is 17.9 Å². The molecule has 0 unspecified atom stereocenters. The van der Waals surface area contributed by atoms with Gasteiger partial charge in [-0.15, -0.1) is 0 Å². The highest BCUT2D eigenvalue weighted by Gasteiger charge is 2.29. The van der Waals surface area contributed by atoms with Crippen molar-refractivity contribution in [2.75, 3.05) is 33.3 Å². The molecule has 1 aromatic rings. The number of nitrogens with zero attached hydrogens (tertiary/aromatic N) is 1. The maximum absolute atomic E-state index is 13.2. The largest absolute Gasteiger partial charge is 0.495 e. The Morgan fingerprint density at radius 2 is 1.81 bits per heavy atom. The second kappa shape index (κ2) is 9.03. The Hall–Kier alpha value is -1.64. The summed E-state index contributed by atoms with van der Waals surface area (Å²) in [5, 5.41) is 6.27. The predicted molar refractivity (Wildman–Crippen MR) is 104 cm³/mol. The zero-order valence-electron chi connectivity index (χ0n) is 15.9. The van der Waals surface area contributed by atoms with Gasteiger partial charge in [0.2, 0.25) is 10.0 Å². The summed E-state index contributed by atoms with van der Waals surface area (Å²) in [6, 6.07) is 4.76. The molecule has 2 saturated heterocycles. The van der Waals surface area contributed by atoms with E-state index in [1.54, 1.807) is 12.1 Å². The standard InChI is InChI=1S/C19H29N3O4S/c1-26-17-7-6-15(19(23)21-16-8-10-20-11-9-16)14-18(17)27(24,25)22-12-4-2-3-5-13-22/h6-7,14,16,20H,2-5,8-13H2,1H3,(H,21,23). The topological polar surface area (TPSA) is 87.7 Å². The van der Waals surface area contributed by atoms with Crippen molar-refractivity contribution in [3.05, 3.63) is 23.8 Å². The van der Waals surface area contributed by atoms with Crippen LogP contribution in [0.3, 0.4) is 0 Å². The third kappa shape index (κ3) is 4.80. The minimum atomic E-state index is -3.70. The fourth-order valence-corrected chi connectivity index (χ4v) is 5.37. The molecule has 0 radical (unpaired) electrons. The molecule has 3 rings (SSSR count). The Kier molecular flexibility index (Phi) is 6.73. The lowest BCUT2D eigenvalue weighted by atomic mass is 10.1. The van der Waals surface area contributed by atoms with Crippen molar-refractivity contribution in [3.8, 4) is 5.75 Å². The van der Waals surface area contributed by atoms with Gasteiger partial charge in [-0.05, 0) is 57.0 Å². The summed E-state index contributed by atoms with van der Waals surface area (Å²) in [6.07, 6.45) is 5.56. The number of hydrogen-bond donors (Lipinski definition) is 2. The van der Waals surface area contributed by atoms with Crippen LogP contribution in [0.2, 0.25) is 0 Å². The van der Waals surface area contributed by atoms with Gasteiger partial charge in [0.15, 0.2) is 0 Å². The molecule has 2 aliphatic heterocycles. The maximum Gasteiger partial charge on any atom is 0.251 e. The lowest BCUT2D eigenvalue weighted by Crippen LogP contribution is -2.42. The number of nitrogens with one attached hydrogen (secondary N) is 2. The molecule has 2 heterocycles. The zero-order valence-corrected chi connectivity index (χ0v) is 16.7. The number of carbonyl (C=O) groups excluding carboxylic acids is 1. The first-order valence-electron chi connectivity index (χ1n) is 9.72. The van der Waals surface area contributed by atoms with Crippen molar-refractivity contribution in [3.63, 3.8) is 0 Å². The number of hydrogen-bond acceptors (Lipinski definition) is 5. The van der Waals surface area contributed by atoms with E-state index in [0.29, 0.717) is 18.7 Å². The first kappa shape index (κ1) is 20.1. The van der Waals surface area contributed by atoms with E-state index in [1.165, 1.54) is 17.5 Å². The highest BCUT2D eigenvalue weighted by molar-refractivity contribution is 7.89. The minimum absolute atomic E-state index is 0.0739. The molecule has 2 fully saturated rings. The van der Waals surface area contributed by atoms with Gasteiger partial charge in [-0.25, -0.2) is 8.42 Å². The average molecular weight is 396 g/mol. The van der Waals surface area contributed by atoms with E-state index in [-0.39, 0.29) is 22.6 Å². The third-order valence-corrected chi connectivity index (χ3v) is 7.20. The van der Waals surface area contributed by atoms with Crippen LogP contribution in [0.15, 0.2) is 23.1 Å².